The average Bonchev–Trinajstić information content (AvgIpc) is 2.93. The number of hydrogen-bond donors (Lipinski definition) is 2. The van der Waals surface area contributed by atoms with E-state index in [1.54, 1.807) is 6.07 Å². The molecule has 102 valence electrons. The maximum atomic E-state index is 12.5. The van der Waals surface area contributed by atoms with Crippen LogP contribution < -0.4 is 4.72 Å². The van der Waals surface area contributed by atoms with Crippen LogP contribution in [-0.4, -0.2) is 19.6 Å². The molecule has 0 saturated heterocycles. The van der Waals surface area contributed by atoms with Gasteiger partial charge in [0.05, 0.1) is 11.5 Å². The van der Waals surface area contributed by atoms with E-state index in [-0.39, 0.29) is 17.5 Å². The largest absolute Gasteiger partial charge is 0.391 e. The molecule has 1 aromatic heterocycles. The highest BCUT2D eigenvalue weighted by Gasteiger charge is 2.37. The summed E-state index contributed by atoms with van der Waals surface area (Å²) in [7, 11) is -3.56. The number of thiophene rings is 1. The summed E-state index contributed by atoms with van der Waals surface area (Å²) < 4.78 is 28.5. The third kappa shape index (κ3) is 2.29. The third-order valence-corrected chi connectivity index (χ3v) is 6.35. The second-order valence-electron chi connectivity index (χ2n) is 4.95. The molecule has 1 aliphatic rings. The predicted molar refractivity (Wildman–Crippen MR) is 75.6 cm³/mol. The van der Waals surface area contributed by atoms with Crippen molar-refractivity contribution in [2.45, 2.75) is 30.9 Å². The van der Waals surface area contributed by atoms with Gasteiger partial charge in [-0.3, -0.25) is 0 Å². The molecule has 19 heavy (non-hydrogen) atoms. The van der Waals surface area contributed by atoms with Crippen LogP contribution in [0.1, 0.15) is 18.2 Å². The van der Waals surface area contributed by atoms with Crippen LogP contribution in [0.3, 0.4) is 0 Å². The fourth-order valence-corrected chi connectivity index (χ4v) is 5.37. The molecule has 2 aromatic rings. The second-order valence-corrected chi connectivity index (χ2v) is 7.74. The molecular formula is C13H15NO3S2. The minimum absolute atomic E-state index is 0.0372. The minimum Gasteiger partial charge on any atom is -0.391 e. The van der Waals surface area contributed by atoms with Gasteiger partial charge in [-0.1, -0.05) is 25.1 Å². The average molecular weight is 297 g/mol. The summed E-state index contributed by atoms with van der Waals surface area (Å²) in [4.78, 5) is 0.747. The Kier molecular flexibility index (Phi) is 3.13. The Morgan fingerprint density at radius 1 is 1.42 bits per heavy atom. The van der Waals surface area contributed by atoms with E-state index in [4.69, 9.17) is 0 Å². The summed E-state index contributed by atoms with van der Waals surface area (Å²) in [5.74, 6) is 0.400. The van der Waals surface area contributed by atoms with Gasteiger partial charge in [-0.25, -0.2) is 13.1 Å². The van der Waals surface area contributed by atoms with Gasteiger partial charge in [-0.05, 0) is 18.4 Å². The number of fused-ring (bicyclic) bond motifs is 1. The van der Waals surface area contributed by atoms with E-state index < -0.39 is 10.0 Å². The van der Waals surface area contributed by atoms with Crippen LogP contribution in [0.25, 0.3) is 10.1 Å². The summed E-state index contributed by atoms with van der Waals surface area (Å²) in [6, 6.07) is 7.38. The second kappa shape index (κ2) is 4.56. The topological polar surface area (TPSA) is 66.4 Å². The van der Waals surface area contributed by atoms with Crippen molar-refractivity contribution in [3.05, 3.63) is 29.1 Å². The molecule has 6 heteroatoms. The Morgan fingerprint density at radius 2 is 2.11 bits per heavy atom. The molecule has 0 bridgehead atoms. The molecule has 3 rings (SSSR count). The molecular weight excluding hydrogens is 282 g/mol. The van der Waals surface area contributed by atoms with Gasteiger partial charge in [-0.15, -0.1) is 11.3 Å². The lowest BCUT2D eigenvalue weighted by Gasteiger charge is -2.06. The van der Waals surface area contributed by atoms with Gasteiger partial charge in [0, 0.05) is 16.1 Å². The molecule has 2 atom stereocenters. The lowest BCUT2D eigenvalue weighted by atomic mass is 10.2. The number of aliphatic hydroxyl groups is 1. The van der Waals surface area contributed by atoms with Crippen LogP contribution in [0.15, 0.2) is 29.2 Å². The maximum Gasteiger partial charge on any atom is 0.242 e. The van der Waals surface area contributed by atoms with E-state index in [9.17, 15) is 13.5 Å². The first kappa shape index (κ1) is 13.1. The van der Waals surface area contributed by atoms with Crippen LogP contribution in [0.5, 0.6) is 0 Å². The quantitative estimate of drug-likeness (QED) is 0.908. The van der Waals surface area contributed by atoms with Crippen LogP contribution >= 0.6 is 11.3 Å². The molecule has 0 spiro atoms. The fraction of sp³-hybridized carbons (Fsp3) is 0.385. The summed E-state index contributed by atoms with van der Waals surface area (Å²) >= 11 is 1.33. The SMILES string of the molecule is CC1CC1NS(=O)(=O)c1c(CO)sc2ccccc12. The summed E-state index contributed by atoms with van der Waals surface area (Å²) in [5, 5.41) is 10.1. The van der Waals surface area contributed by atoms with Crippen molar-refractivity contribution in [3.63, 3.8) is 0 Å². The van der Waals surface area contributed by atoms with Crippen molar-refractivity contribution in [1.29, 1.82) is 0 Å². The molecule has 1 saturated carbocycles. The van der Waals surface area contributed by atoms with Gasteiger partial charge < -0.3 is 5.11 Å². The lowest BCUT2D eigenvalue weighted by molar-refractivity contribution is 0.283. The number of aliphatic hydroxyl groups excluding tert-OH is 1. The van der Waals surface area contributed by atoms with Crippen LogP contribution in [0, 0.1) is 5.92 Å². The van der Waals surface area contributed by atoms with Crippen molar-refractivity contribution in [3.8, 4) is 0 Å². The lowest BCUT2D eigenvalue weighted by Crippen LogP contribution is -2.27. The van der Waals surface area contributed by atoms with Crippen molar-refractivity contribution in [2.75, 3.05) is 0 Å². The highest BCUT2D eigenvalue weighted by molar-refractivity contribution is 7.90. The molecule has 1 aromatic carbocycles. The Morgan fingerprint density at radius 3 is 2.74 bits per heavy atom. The number of benzene rings is 1. The molecule has 0 amide bonds. The molecule has 1 fully saturated rings. The summed E-state index contributed by atoms with van der Waals surface area (Å²) in [6.07, 6.45) is 0.885. The fourth-order valence-electron chi connectivity index (χ4n) is 2.22. The van der Waals surface area contributed by atoms with Crippen LogP contribution in [0.4, 0.5) is 0 Å². The van der Waals surface area contributed by atoms with E-state index >= 15 is 0 Å². The molecule has 4 nitrogen and oxygen atoms in total. The van der Waals surface area contributed by atoms with Crippen molar-refractivity contribution < 1.29 is 13.5 Å². The van der Waals surface area contributed by atoms with Gasteiger partial charge in [0.1, 0.15) is 4.90 Å². The van der Waals surface area contributed by atoms with Gasteiger partial charge >= 0.3 is 0 Å². The monoisotopic (exact) mass is 297 g/mol. The van der Waals surface area contributed by atoms with Crippen LogP contribution in [0.2, 0.25) is 0 Å². The minimum atomic E-state index is -3.56. The standard InChI is InChI=1S/C13H15NO3S2/c1-8-6-10(8)14-19(16,17)13-9-4-2-3-5-11(9)18-12(13)7-15/h2-5,8,10,14-15H,6-7H2,1H3. The summed E-state index contributed by atoms with van der Waals surface area (Å²) in [6.45, 7) is 1.77. The van der Waals surface area contributed by atoms with Gasteiger partial charge in [0.2, 0.25) is 10.0 Å². The first-order chi connectivity index (χ1) is 9.03. The highest BCUT2D eigenvalue weighted by Crippen LogP contribution is 2.37. The zero-order valence-corrected chi connectivity index (χ0v) is 12.1. The Bertz CT molecular complexity index is 721. The Hall–Kier alpha value is -0.950. The first-order valence-electron chi connectivity index (χ1n) is 6.16. The van der Waals surface area contributed by atoms with Crippen molar-refractivity contribution in [2.24, 2.45) is 5.92 Å². The number of hydrogen-bond acceptors (Lipinski definition) is 4. The molecule has 2 N–H and O–H groups in total. The number of sulfonamides is 1. The Balaban J connectivity index is 2.12. The van der Waals surface area contributed by atoms with E-state index in [1.807, 2.05) is 25.1 Å². The molecule has 1 aliphatic carbocycles. The van der Waals surface area contributed by atoms with Gasteiger partial charge in [0.25, 0.3) is 0 Å². The van der Waals surface area contributed by atoms with E-state index in [0.29, 0.717) is 16.2 Å². The predicted octanol–water partition coefficient (Wildman–Crippen LogP) is 2.08. The van der Waals surface area contributed by atoms with Crippen molar-refractivity contribution in [1.82, 2.24) is 4.72 Å². The molecule has 2 unspecified atom stereocenters. The molecule has 0 aliphatic heterocycles. The summed E-state index contributed by atoms with van der Waals surface area (Å²) in [5.41, 5.74) is 0. The van der Waals surface area contributed by atoms with Crippen LogP contribution in [-0.2, 0) is 16.6 Å². The molecule has 0 radical (unpaired) electrons. The number of rotatable bonds is 4. The normalized spacial score (nSPS) is 22.8. The zero-order chi connectivity index (χ0) is 13.6. The van der Waals surface area contributed by atoms with Crippen molar-refractivity contribution >= 4 is 31.4 Å². The zero-order valence-electron chi connectivity index (χ0n) is 10.5. The highest BCUT2D eigenvalue weighted by atomic mass is 32.2. The third-order valence-electron chi connectivity index (χ3n) is 3.45. The first-order valence-corrected chi connectivity index (χ1v) is 8.46. The maximum absolute atomic E-state index is 12.5. The Labute approximate surface area is 116 Å². The smallest absolute Gasteiger partial charge is 0.242 e. The number of nitrogens with one attached hydrogen (secondary N) is 1. The van der Waals surface area contributed by atoms with E-state index in [1.165, 1.54) is 11.3 Å². The van der Waals surface area contributed by atoms with E-state index in [0.717, 1.165) is 11.1 Å². The molecule has 1 heterocycles. The van der Waals surface area contributed by atoms with E-state index in [2.05, 4.69) is 4.72 Å². The van der Waals surface area contributed by atoms with Gasteiger partial charge in [-0.2, -0.15) is 0 Å². The van der Waals surface area contributed by atoms with Gasteiger partial charge in [0.15, 0.2) is 0 Å².